The van der Waals surface area contributed by atoms with Gasteiger partial charge in [-0.2, -0.15) is 0 Å². The summed E-state index contributed by atoms with van der Waals surface area (Å²) in [6.07, 6.45) is 0. The zero-order valence-electron chi connectivity index (χ0n) is 15.2. The Bertz CT molecular complexity index is 947. The molecule has 0 bridgehead atoms. The maximum absolute atomic E-state index is 12.3. The molecule has 6 heteroatoms. The van der Waals surface area contributed by atoms with Crippen LogP contribution in [-0.4, -0.2) is 37.5 Å². The molecule has 0 aromatic heterocycles. The highest BCUT2D eigenvalue weighted by Gasteiger charge is 2.07. The second-order valence-electron chi connectivity index (χ2n) is 6.21. The molecule has 3 rings (SSSR count). The van der Waals surface area contributed by atoms with Crippen molar-refractivity contribution in [2.75, 3.05) is 31.3 Å². The molecule has 3 aromatic rings. The Morgan fingerprint density at radius 2 is 1.59 bits per heavy atom. The molecule has 0 aliphatic carbocycles. The van der Waals surface area contributed by atoms with E-state index in [4.69, 9.17) is 4.74 Å². The number of urea groups is 1. The fraction of sp³-hybridized carbons (Fsp3) is 0.143. The van der Waals surface area contributed by atoms with Crippen LogP contribution in [0, 0.1) is 0 Å². The van der Waals surface area contributed by atoms with Gasteiger partial charge >= 0.3 is 6.03 Å². The van der Waals surface area contributed by atoms with Crippen LogP contribution in [0.4, 0.5) is 16.2 Å². The first-order chi connectivity index (χ1) is 13.0. The summed E-state index contributed by atoms with van der Waals surface area (Å²) in [6, 6.07) is 20.1. The van der Waals surface area contributed by atoms with Crippen LogP contribution in [0.5, 0.6) is 5.75 Å². The molecular weight excluding hydrogens is 342 g/mol. The molecule has 27 heavy (non-hydrogen) atoms. The predicted octanol–water partition coefficient (Wildman–Crippen LogP) is 3.95. The number of fused-ring (bicyclic) bond motifs is 1. The third kappa shape index (κ3) is 4.76. The number of hydrogen-bond acceptors (Lipinski definition) is 3. The Morgan fingerprint density at radius 1 is 0.889 bits per heavy atom. The summed E-state index contributed by atoms with van der Waals surface area (Å²) in [6.45, 7) is -0.0264. The standard InChI is InChI=1S/C21H21N3O3/c1-24(2)20(25)14-27-17-12-10-16(11-13-17)22-21(26)23-19-9-5-7-15-6-3-4-8-18(15)19/h3-13H,14H2,1-2H3,(H2,22,23,26). The normalized spacial score (nSPS) is 10.3. The lowest BCUT2D eigenvalue weighted by molar-refractivity contribution is -0.130. The van der Waals surface area contributed by atoms with Gasteiger partial charge in [-0.05, 0) is 35.7 Å². The molecular formula is C21H21N3O3. The van der Waals surface area contributed by atoms with Gasteiger partial charge in [-0.25, -0.2) is 4.79 Å². The lowest BCUT2D eigenvalue weighted by Gasteiger charge is -2.12. The highest BCUT2D eigenvalue weighted by Crippen LogP contribution is 2.23. The maximum atomic E-state index is 12.3. The summed E-state index contributed by atoms with van der Waals surface area (Å²) in [5, 5.41) is 7.69. The zero-order valence-corrected chi connectivity index (χ0v) is 15.2. The minimum absolute atomic E-state index is 0.0264. The van der Waals surface area contributed by atoms with Crippen molar-refractivity contribution in [2.24, 2.45) is 0 Å². The average molecular weight is 363 g/mol. The number of carbonyl (C=O) groups excluding carboxylic acids is 2. The summed E-state index contributed by atoms with van der Waals surface area (Å²) >= 11 is 0. The van der Waals surface area contributed by atoms with Crippen molar-refractivity contribution in [3.8, 4) is 5.75 Å². The van der Waals surface area contributed by atoms with Gasteiger partial charge in [0, 0.05) is 25.2 Å². The van der Waals surface area contributed by atoms with Gasteiger partial charge in [-0.3, -0.25) is 4.79 Å². The molecule has 2 N–H and O–H groups in total. The smallest absolute Gasteiger partial charge is 0.323 e. The van der Waals surface area contributed by atoms with E-state index >= 15 is 0 Å². The summed E-state index contributed by atoms with van der Waals surface area (Å²) in [7, 11) is 3.35. The summed E-state index contributed by atoms with van der Waals surface area (Å²) in [4.78, 5) is 25.3. The van der Waals surface area contributed by atoms with E-state index in [2.05, 4.69) is 10.6 Å². The zero-order chi connectivity index (χ0) is 19.2. The Morgan fingerprint density at radius 3 is 2.33 bits per heavy atom. The van der Waals surface area contributed by atoms with Crippen LogP contribution in [0.3, 0.4) is 0 Å². The van der Waals surface area contributed by atoms with E-state index in [0.717, 1.165) is 16.5 Å². The van der Waals surface area contributed by atoms with E-state index in [9.17, 15) is 9.59 Å². The molecule has 3 aromatic carbocycles. The van der Waals surface area contributed by atoms with E-state index in [1.165, 1.54) is 4.90 Å². The molecule has 0 heterocycles. The van der Waals surface area contributed by atoms with E-state index < -0.39 is 0 Å². The number of amides is 3. The number of hydrogen-bond donors (Lipinski definition) is 2. The topological polar surface area (TPSA) is 70.7 Å². The third-order valence-corrected chi connectivity index (χ3v) is 4.01. The first kappa shape index (κ1) is 18.3. The number of ether oxygens (including phenoxy) is 1. The van der Waals surface area contributed by atoms with Crippen LogP contribution in [0.25, 0.3) is 10.8 Å². The molecule has 0 fully saturated rings. The number of nitrogens with one attached hydrogen (secondary N) is 2. The number of benzene rings is 3. The monoisotopic (exact) mass is 363 g/mol. The van der Waals surface area contributed by atoms with Gasteiger partial charge in [-0.15, -0.1) is 0 Å². The van der Waals surface area contributed by atoms with Crippen molar-refractivity contribution in [1.82, 2.24) is 4.90 Å². The Hall–Kier alpha value is -3.54. The summed E-state index contributed by atoms with van der Waals surface area (Å²) < 4.78 is 5.41. The summed E-state index contributed by atoms with van der Waals surface area (Å²) in [5.74, 6) is 0.442. The largest absolute Gasteiger partial charge is 0.484 e. The second kappa shape index (κ2) is 8.23. The van der Waals surface area contributed by atoms with Crippen molar-refractivity contribution in [1.29, 1.82) is 0 Å². The van der Waals surface area contributed by atoms with E-state index in [-0.39, 0.29) is 18.5 Å². The molecule has 0 spiro atoms. The highest BCUT2D eigenvalue weighted by molar-refractivity contribution is 6.06. The van der Waals surface area contributed by atoms with Crippen LogP contribution in [-0.2, 0) is 4.79 Å². The van der Waals surface area contributed by atoms with Crippen LogP contribution in [0.2, 0.25) is 0 Å². The van der Waals surface area contributed by atoms with Gasteiger partial charge in [0.2, 0.25) is 0 Å². The maximum Gasteiger partial charge on any atom is 0.323 e. The van der Waals surface area contributed by atoms with E-state index in [1.807, 2.05) is 42.5 Å². The summed E-state index contributed by atoms with van der Waals surface area (Å²) in [5.41, 5.74) is 1.37. The lowest BCUT2D eigenvalue weighted by Crippen LogP contribution is -2.27. The van der Waals surface area contributed by atoms with Gasteiger partial charge in [-0.1, -0.05) is 36.4 Å². The van der Waals surface area contributed by atoms with Gasteiger partial charge in [0.25, 0.3) is 5.91 Å². The molecule has 0 radical (unpaired) electrons. The highest BCUT2D eigenvalue weighted by atomic mass is 16.5. The van der Waals surface area contributed by atoms with Crippen molar-refractivity contribution < 1.29 is 14.3 Å². The minimum Gasteiger partial charge on any atom is -0.484 e. The van der Waals surface area contributed by atoms with Crippen molar-refractivity contribution in [3.05, 3.63) is 66.7 Å². The Balaban J connectivity index is 1.60. The van der Waals surface area contributed by atoms with Crippen LogP contribution >= 0.6 is 0 Å². The molecule has 0 saturated carbocycles. The fourth-order valence-electron chi connectivity index (χ4n) is 2.53. The van der Waals surface area contributed by atoms with Gasteiger partial charge in [0.1, 0.15) is 5.75 Å². The molecule has 6 nitrogen and oxygen atoms in total. The molecule has 0 unspecified atom stereocenters. The van der Waals surface area contributed by atoms with E-state index in [1.54, 1.807) is 38.4 Å². The van der Waals surface area contributed by atoms with Crippen molar-refractivity contribution in [2.45, 2.75) is 0 Å². The average Bonchev–Trinajstić information content (AvgIpc) is 2.67. The molecule has 138 valence electrons. The minimum atomic E-state index is -0.331. The fourth-order valence-corrected chi connectivity index (χ4v) is 2.53. The number of nitrogens with zero attached hydrogens (tertiary/aromatic N) is 1. The van der Waals surface area contributed by atoms with Gasteiger partial charge in [0.05, 0.1) is 5.69 Å². The first-order valence-electron chi connectivity index (χ1n) is 8.52. The molecule has 3 amide bonds. The van der Waals surface area contributed by atoms with E-state index in [0.29, 0.717) is 11.4 Å². The van der Waals surface area contributed by atoms with Crippen LogP contribution in [0.15, 0.2) is 66.7 Å². The number of rotatable bonds is 5. The number of anilines is 2. The predicted molar refractivity (Wildman–Crippen MR) is 107 cm³/mol. The number of carbonyl (C=O) groups is 2. The lowest BCUT2D eigenvalue weighted by atomic mass is 10.1. The van der Waals surface area contributed by atoms with Crippen LogP contribution in [0.1, 0.15) is 0 Å². The third-order valence-electron chi connectivity index (χ3n) is 4.01. The molecule has 0 saturated heterocycles. The molecule has 0 atom stereocenters. The van der Waals surface area contributed by atoms with Crippen molar-refractivity contribution in [3.63, 3.8) is 0 Å². The van der Waals surface area contributed by atoms with Crippen LogP contribution < -0.4 is 15.4 Å². The number of likely N-dealkylation sites (N-methyl/N-ethyl adjacent to an activating group) is 1. The molecule has 0 aliphatic rings. The van der Waals surface area contributed by atoms with Gasteiger partial charge < -0.3 is 20.3 Å². The quantitative estimate of drug-likeness (QED) is 0.721. The first-order valence-corrected chi connectivity index (χ1v) is 8.52. The Labute approximate surface area is 157 Å². The molecule has 0 aliphatic heterocycles. The van der Waals surface area contributed by atoms with Gasteiger partial charge in [0.15, 0.2) is 6.61 Å². The Kier molecular flexibility index (Phi) is 5.56. The SMILES string of the molecule is CN(C)C(=O)COc1ccc(NC(=O)Nc2cccc3ccccc23)cc1. The van der Waals surface area contributed by atoms with Crippen molar-refractivity contribution >= 4 is 34.1 Å². The second-order valence-corrected chi connectivity index (χ2v) is 6.21.